The summed E-state index contributed by atoms with van der Waals surface area (Å²) in [5.74, 6) is -1.25. The van der Waals surface area contributed by atoms with Crippen molar-refractivity contribution in [2.45, 2.75) is 100 Å². The van der Waals surface area contributed by atoms with Gasteiger partial charge in [-0.15, -0.1) is 11.3 Å². The van der Waals surface area contributed by atoms with Gasteiger partial charge in [0.25, 0.3) is 0 Å². The summed E-state index contributed by atoms with van der Waals surface area (Å²) in [5.41, 5.74) is 0. The molecule has 0 amide bonds. The molecular formula is C21H27FO6S. The maximum absolute atomic E-state index is 13.9. The number of fused-ring (bicyclic) bond motifs is 1. The second kappa shape index (κ2) is 7.22. The van der Waals surface area contributed by atoms with Crippen LogP contribution in [-0.2, 0) is 35.0 Å². The van der Waals surface area contributed by atoms with Gasteiger partial charge in [-0.3, -0.25) is 0 Å². The molecule has 0 aromatic carbocycles. The van der Waals surface area contributed by atoms with Gasteiger partial charge in [0.2, 0.25) is 0 Å². The lowest BCUT2D eigenvalue weighted by Gasteiger charge is -2.30. The first kappa shape index (κ1) is 19.1. The molecule has 2 spiro atoms. The molecule has 29 heavy (non-hydrogen) atoms. The van der Waals surface area contributed by atoms with Crippen LogP contribution in [0.4, 0.5) is 4.39 Å². The standard InChI is InChI=1S/C21H27FO6S/c22-13-5-10-29-15(13)12-23-17-16(14-11-24-20(26-14)6-1-2-7-20)25-19-18(17)27-21(28-19)8-3-4-9-21/h5,10,14,16-19H,1-4,6-9,11-12H2/t14-,16-,17+,18-,19-/m1/s1. The van der Waals surface area contributed by atoms with Gasteiger partial charge in [-0.1, -0.05) is 0 Å². The van der Waals surface area contributed by atoms with E-state index in [0.29, 0.717) is 11.5 Å². The Hall–Kier alpha value is -0.610. The van der Waals surface area contributed by atoms with Gasteiger partial charge >= 0.3 is 0 Å². The Morgan fingerprint density at radius 1 is 1.00 bits per heavy atom. The molecular weight excluding hydrogens is 399 g/mol. The van der Waals surface area contributed by atoms with E-state index in [1.165, 1.54) is 17.4 Å². The molecule has 0 N–H and O–H groups in total. The van der Waals surface area contributed by atoms with Crippen LogP contribution >= 0.6 is 11.3 Å². The van der Waals surface area contributed by atoms with Gasteiger partial charge in [-0.2, -0.15) is 0 Å². The second-order valence-corrected chi connectivity index (χ2v) is 9.84. The quantitative estimate of drug-likeness (QED) is 0.729. The molecule has 0 unspecified atom stereocenters. The minimum Gasteiger partial charge on any atom is -0.367 e. The Labute approximate surface area is 173 Å². The van der Waals surface area contributed by atoms with E-state index in [4.69, 9.17) is 28.4 Å². The summed E-state index contributed by atoms with van der Waals surface area (Å²) in [6, 6.07) is 1.47. The Kier molecular flexibility index (Phi) is 4.76. The minimum absolute atomic E-state index is 0.187. The largest absolute Gasteiger partial charge is 0.367 e. The lowest BCUT2D eigenvalue weighted by Crippen LogP contribution is -2.44. The molecule has 1 aromatic heterocycles. The molecule has 8 heteroatoms. The Morgan fingerprint density at radius 2 is 1.76 bits per heavy atom. The third-order valence-electron chi connectivity index (χ3n) is 6.96. The molecule has 6 nitrogen and oxygen atoms in total. The van der Waals surface area contributed by atoms with Gasteiger partial charge in [-0.25, -0.2) is 4.39 Å². The smallest absolute Gasteiger partial charge is 0.190 e. The van der Waals surface area contributed by atoms with Crippen molar-refractivity contribution in [2.75, 3.05) is 6.61 Å². The zero-order valence-electron chi connectivity index (χ0n) is 16.3. The van der Waals surface area contributed by atoms with Crippen molar-refractivity contribution in [1.82, 2.24) is 0 Å². The first-order valence-electron chi connectivity index (χ1n) is 10.8. The first-order valence-corrected chi connectivity index (χ1v) is 11.7. The van der Waals surface area contributed by atoms with Crippen molar-refractivity contribution >= 4 is 11.3 Å². The highest BCUT2D eigenvalue weighted by Gasteiger charge is 2.62. The topological polar surface area (TPSA) is 55.4 Å². The van der Waals surface area contributed by atoms with Crippen LogP contribution in [-0.4, -0.2) is 48.9 Å². The Bertz CT molecular complexity index is 743. The van der Waals surface area contributed by atoms with E-state index in [9.17, 15) is 4.39 Å². The highest BCUT2D eigenvalue weighted by molar-refractivity contribution is 7.09. The third-order valence-corrected chi connectivity index (χ3v) is 7.83. The zero-order valence-corrected chi connectivity index (χ0v) is 17.2. The van der Waals surface area contributed by atoms with E-state index in [1.54, 1.807) is 5.38 Å². The normalized spacial score (nSPS) is 39.8. The van der Waals surface area contributed by atoms with Crippen LogP contribution in [0.5, 0.6) is 0 Å². The third kappa shape index (κ3) is 3.28. The van der Waals surface area contributed by atoms with Gasteiger partial charge in [0.15, 0.2) is 17.9 Å². The summed E-state index contributed by atoms with van der Waals surface area (Å²) >= 11 is 1.36. The predicted octanol–water partition coefficient (Wildman–Crippen LogP) is 3.87. The molecule has 3 saturated heterocycles. The van der Waals surface area contributed by atoms with Crippen LogP contribution in [0.25, 0.3) is 0 Å². The van der Waals surface area contributed by atoms with Crippen LogP contribution in [0.2, 0.25) is 0 Å². The van der Waals surface area contributed by atoms with Crippen LogP contribution in [0.15, 0.2) is 11.4 Å². The van der Waals surface area contributed by atoms with E-state index in [0.717, 1.165) is 51.4 Å². The second-order valence-electron chi connectivity index (χ2n) is 8.84. The van der Waals surface area contributed by atoms with Crippen molar-refractivity contribution in [3.8, 4) is 0 Å². The van der Waals surface area contributed by atoms with Gasteiger partial charge in [0.05, 0.1) is 18.1 Å². The van der Waals surface area contributed by atoms with E-state index in [2.05, 4.69) is 0 Å². The van der Waals surface area contributed by atoms with Crippen molar-refractivity contribution < 1.29 is 32.8 Å². The highest BCUT2D eigenvalue weighted by atomic mass is 32.1. The monoisotopic (exact) mass is 426 g/mol. The molecule has 5 fully saturated rings. The molecule has 1 aromatic rings. The van der Waals surface area contributed by atoms with E-state index < -0.39 is 17.9 Å². The van der Waals surface area contributed by atoms with E-state index in [1.807, 2.05) is 0 Å². The summed E-state index contributed by atoms with van der Waals surface area (Å²) in [6.45, 7) is 0.662. The number of hydrogen-bond donors (Lipinski definition) is 0. The fraction of sp³-hybridized carbons (Fsp3) is 0.810. The summed E-state index contributed by atoms with van der Waals surface area (Å²) in [7, 11) is 0. The summed E-state index contributed by atoms with van der Waals surface area (Å²) in [4.78, 5) is 0.581. The van der Waals surface area contributed by atoms with Crippen LogP contribution in [0, 0.1) is 5.82 Å². The molecule has 6 rings (SSSR count). The van der Waals surface area contributed by atoms with Gasteiger partial charge < -0.3 is 28.4 Å². The maximum Gasteiger partial charge on any atom is 0.190 e. The average molecular weight is 427 g/mol. The van der Waals surface area contributed by atoms with Crippen molar-refractivity contribution in [2.24, 2.45) is 0 Å². The molecule has 0 radical (unpaired) electrons. The van der Waals surface area contributed by atoms with Gasteiger partial charge in [0, 0.05) is 25.7 Å². The fourth-order valence-electron chi connectivity index (χ4n) is 5.51. The zero-order chi connectivity index (χ0) is 19.5. The molecule has 160 valence electrons. The number of rotatable bonds is 4. The molecule has 2 saturated carbocycles. The predicted molar refractivity (Wildman–Crippen MR) is 101 cm³/mol. The van der Waals surface area contributed by atoms with Crippen molar-refractivity contribution in [1.29, 1.82) is 0 Å². The van der Waals surface area contributed by atoms with Crippen molar-refractivity contribution in [3.63, 3.8) is 0 Å². The fourth-order valence-corrected chi connectivity index (χ4v) is 6.18. The van der Waals surface area contributed by atoms with Gasteiger partial charge in [-0.05, 0) is 37.1 Å². The molecule has 5 aliphatic rings. The van der Waals surface area contributed by atoms with Crippen LogP contribution in [0.1, 0.15) is 56.2 Å². The number of halogens is 1. The Morgan fingerprint density at radius 3 is 2.48 bits per heavy atom. The first-order chi connectivity index (χ1) is 14.2. The van der Waals surface area contributed by atoms with E-state index >= 15 is 0 Å². The van der Waals surface area contributed by atoms with E-state index in [-0.39, 0.29) is 36.8 Å². The molecule has 3 aliphatic heterocycles. The molecule has 0 bridgehead atoms. The van der Waals surface area contributed by atoms with Crippen molar-refractivity contribution in [3.05, 3.63) is 22.1 Å². The van der Waals surface area contributed by atoms with Crippen LogP contribution in [0.3, 0.4) is 0 Å². The summed E-state index contributed by atoms with van der Waals surface area (Å²) in [6.07, 6.45) is 6.26. The Balaban J connectivity index is 1.21. The van der Waals surface area contributed by atoms with Crippen LogP contribution < -0.4 is 0 Å². The lowest BCUT2D eigenvalue weighted by molar-refractivity contribution is -0.249. The SMILES string of the molecule is Fc1ccsc1CO[C@@H]1[C@H]2OC3(CCCC3)O[C@H]2O[C@@H]1[C@H]1COC2(CCCC2)O1. The summed E-state index contributed by atoms with van der Waals surface area (Å²) in [5, 5.41) is 1.74. The summed E-state index contributed by atoms with van der Waals surface area (Å²) < 4.78 is 51.5. The van der Waals surface area contributed by atoms with Gasteiger partial charge in [0.1, 0.15) is 30.2 Å². The minimum atomic E-state index is -0.546. The molecule has 2 aliphatic carbocycles. The lowest BCUT2D eigenvalue weighted by atomic mass is 10.1. The molecule has 5 atom stereocenters. The number of thiophene rings is 1. The average Bonchev–Trinajstić information content (AvgIpc) is 3.53. The maximum atomic E-state index is 13.9. The molecule has 4 heterocycles. The number of hydrogen-bond acceptors (Lipinski definition) is 7. The highest BCUT2D eigenvalue weighted by Crippen LogP contribution is 2.49. The number of ether oxygens (including phenoxy) is 6.